The zero-order valence-corrected chi connectivity index (χ0v) is 22.9. The maximum absolute atomic E-state index is 15.3. The predicted molar refractivity (Wildman–Crippen MR) is 146 cm³/mol. The van der Waals surface area contributed by atoms with Crippen LogP contribution in [0.3, 0.4) is 0 Å². The number of halogens is 4. The summed E-state index contributed by atoms with van der Waals surface area (Å²) in [5.74, 6) is -3.59. The van der Waals surface area contributed by atoms with Crippen LogP contribution in [0.15, 0.2) is 54.6 Å². The molecule has 0 spiro atoms. The molecule has 9 nitrogen and oxygen atoms in total. The maximum Gasteiger partial charge on any atom is 0.387 e. The Morgan fingerprint density at radius 1 is 0.976 bits per heavy atom. The zero-order valence-electron chi connectivity index (χ0n) is 22.9. The summed E-state index contributed by atoms with van der Waals surface area (Å²) in [5.41, 5.74) is -0.347. The lowest BCUT2D eigenvalue weighted by Gasteiger charge is -2.33. The highest BCUT2D eigenvalue weighted by Gasteiger charge is 2.45. The van der Waals surface area contributed by atoms with Crippen molar-refractivity contribution in [3.63, 3.8) is 0 Å². The van der Waals surface area contributed by atoms with Crippen molar-refractivity contribution in [3.8, 4) is 11.5 Å². The molecule has 5 rings (SSSR count). The maximum atomic E-state index is 15.3. The first-order valence-electron chi connectivity index (χ1n) is 13.2. The van der Waals surface area contributed by atoms with Crippen molar-refractivity contribution in [1.29, 1.82) is 0 Å². The van der Waals surface area contributed by atoms with E-state index in [0.29, 0.717) is 5.82 Å². The largest absolute Gasteiger partial charge is 0.497 e. The van der Waals surface area contributed by atoms with Crippen molar-refractivity contribution in [2.24, 2.45) is 0 Å². The Morgan fingerprint density at radius 3 is 2.24 bits per heavy atom. The highest BCUT2D eigenvalue weighted by Crippen LogP contribution is 2.36. The number of ether oxygens (including phenoxy) is 2. The van der Waals surface area contributed by atoms with Gasteiger partial charge in [0.1, 0.15) is 40.8 Å². The van der Waals surface area contributed by atoms with Gasteiger partial charge in [-0.1, -0.05) is 6.07 Å². The van der Waals surface area contributed by atoms with Crippen LogP contribution >= 0.6 is 0 Å². The highest BCUT2D eigenvalue weighted by molar-refractivity contribution is 6.04. The number of carbonyl (C=O) groups is 2. The minimum atomic E-state index is -3.04. The van der Waals surface area contributed by atoms with Crippen molar-refractivity contribution in [2.45, 2.75) is 18.6 Å². The number of carbonyl (C=O) groups excluding carboxylic acids is 2. The lowest BCUT2D eigenvalue weighted by molar-refractivity contribution is -0.118. The molecule has 1 unspecified atom stereocenters. The highest BCUT2D eigenvalue weighted by atomic mass is 19.3. The van der Waals surface area contributed by atoms with Crippen molar-refractivity contribution in [2.75, 3.05) is 56.7 Å². The minimum absolute atomic E-state index is 0.0347. The molecular formula is C29H29F4N5O4. The third-order valence-corrected chi connectivity index (χ3v) is 7.42. The number of alkyl halides is 2. The van der Waals surface area contributed by atoms with Crippen LogP contribution in [-0.4, -0.2) is 81.2 Å². The Morgan fingerprint density at radius 2 is 1.62 bits per heavy atom. The Kier molecular flexibility index (Phi) is 8.48. The molecule has 1 aromatic heterocycles. The molecule has 2 saturated heterocycles. The van der Waals surface area contributed by atoms with Gasteiger partial charge in [0.2, 0.25) is 0 Å². The van der Waals surface area contributed by atoms with Crippen LogP contribution < -0.4 is 24.6 Å². The fourth-order valence-corrected chi connectivity index (χ4v) is 5.18. The molecule has 0 radical (unpaired) electrons. The van der Waals surface area contributed by atoms with Crippen LogP contribution in [-0.2, 0) is 4.79 Å². The van der Waals surface area contributed by atoms with Crippen molar-refractivity contribution < 1.29 is 36.6 Å². The van der Waals surface area contributed by atoms with E-state index < -0.39 is 42.0 Å². The molecule has 0 aliphatic carbocycles. The van der Waals surface area contributed by atoms with Gasteiger partial charge in [-0.15, -0.1) is 0 Å². The summed E-state index contributed by atoms with van der Waals surface area (Å²) < 4.78 is 64.8. The molecular weight excluding hydrogens is 558 g/mol. The van der Waals surface area contributed by atoms with Crippen LogP contribution in [0.5, 0.6) is 11.5 Å². The number of pyridine rings is 1. The fourth-order valence-electron chi connectivity index (χ4n) is 5.18. The molecule has 3 aromatic rings. The second kappa shape index (κ2) is 12.2. The Balaban J connectivity index is 1.46. The molecule has 2 aromatic carbocycles. The first-order valence-corrected chi connectivity index (χ1v) is 13.2. The standard InChI is InChI=1S/C29H29F4N5O4/c1-36-10-12-37(13-11-36)23-4-3-5-24(34-23)38-16-20(25-21(30)14-19(41-2)15-22(25)31)26(28(38)40)35-27(39)17-6-8-18(9-7-17)42-29(32)33/h3-9,14-15,20,26,29H,10-13,16H2,1-2H3,(H,35,39)/t20-,26?/m0/s1. The van der Waals surface area contributed by atoms with E-state index in [1.807, 2.05) is 13.1 Å². The smallest absolute Gasteiger partial charge is 0.387 e. The summed E-state index contributed by atoms with van der Waals surface area (Å²) in [7, 11) is 3.30. The summed E-state index contributed by atoms with van der Waals surface area (Å²) in [6, 6.07) is 10.7. The zero-order chi connectivity index (χ0) is 30.0. The lowest BCUT2D eigenvalue weighted by Crippen LogP contribution is -2.45. The number of benzene rings is 2. The van der Waals surface area contributed by atoms with Gasteiger partial charge < -0.3 is 24.6 Å². The number of methoxy groups -OCH3 is 1. The Labute approximate surface area is 239 Å². The van der Waals surface area contributed by atoms with Gasteiger partial charge in [0, 0.05) is 61.9 Å². The van der Waals surface area contributed by atoms with Gasteiger partial charge >= 0.3 is 6.61 Å². The van der Waals surface area contributed by atoms with Crippen LogP contribution in [0.2, 0.25) is 0 Å². The van der Waals surface area contributed by atoms with E-state index in [1.165, 1.54) is 36.3 Å². The number of anilines is 2. The quantitative estimate of drug-likeness (QED) is 0.403. The third kappa shape index (κ3) is 6.10. The van der Waals surface area contributed by atoms with E-state index in [4.69, 9.17) is 4.74 Å². The van der Waals surface area contributed by atoms with E-state index in [-0.39, 0.29) is 35.0 Å². The van der Waals surface area contributed by atoms with Crippen molar-refractivity contribution in [3.05, 3.63) is 77.4 Å². The van der Waals surface area contributed by atoms with Gasteiger partial charge in [0.15, 0.2) is 0 Å². The number of hydrogen-bond acceptors (Lipinski definition) is 7. The second-order valence-corrected chi connectivity index (χ2v) is 10.1. The topological polar surface area (TPSA) is 87.2 Å². The number of nitrogens with zero attached hydrogens (tertiary/aromatic N) is 4. The molecule has 2 aliphatic heterocycles. The molecule has 13 heteroatoms. The van der Waals surface area contributed by atoms with Gasteiger partial charge in [0.25, 0.3) is 11.8 Å². The van der Waals surface area contributed by atoms with Gasteiger partial charge in [-0.25, -0.2) is 13.8 Å². The number of amides is 2. The van der Waals surface area contributed by atoms with Crippen LogP contribution in [0.4, 0.5) is 29.2 Å². The molecule has 1 N–H and O–H groups in total. The van der Waals surface area contributed by atoms with Crippen LogP contribution in [0.1, 0.15) is 21.8 Å². The number of piperazine rings is 1. The van der Waals surface area contributed by atoms with Gasteiger partial charge in [-0.3, -0.25) is 14.5 Å². The summed E-state index contributed by atoms with van der Waals surface area (Å²) in [6.45, 7) is -0.0294. The van der Waals surface area contributed by atoms with E-state index in [1.54, 1.807) is 12.1 Å². The molecule has 0 bridgehead atoms. The minimum Gasteiger partial charge on any atom is -0.497 e. The van der Waals surface area contributed by atoms with E-state index in [9.17, 15) is 18.4 Å². The first kappa shape index (κ1) is 29.1. The summed E-state index contributed by atoms with van der Waals surface area (Å²) >= 11 is 0. The molecule has 2 atom stereocenters. The summed E-state index contributed by atoms with van der Waals surface area (Å²) in [6.07, 6.45) is 0. The lowest BCUT2D eigenvalue weighted by atomic mass is 9.92. The number of nitrogens with one attached hydrogen (secondary N) is 1. The van der Waals surface area contributed by atoms with Gasteiger partial charge in [-0.2, -0.15) is 8.78 Å². The molecule has 2 aliphatic rings. The van der Waals surface area contributed by atoms with Crippen LogP contribution in [0, 0.1) is 11.6 Å². The number of hydrogen-bond donors (Lipinski definition) is 1. The van der Waals surface area contributed by atoms with Crippen molar-refractivity contribution in [1.82, 2.24) is 15.2 Å². The Bertz CT molecular complexity index is 1430. The van der Waals surface area contributed by atoms with E-state index in [2.05, 4.69) is 24.8 Å². The molecule has 42 heavy (non-hydrogen) atoms. The monoisotopic (exact) mass is 587 g/mol. The van der Waals surface area contributed by atoms with Gasteiger partial charge in [0.05, 0.1) is 7.11 Å². The van der Waals surface area contributed by atoms with Crippen LogP contribution in [0.25, 0.3) is 0 Å². The fraction of sp³-hybridized carbons (Fsp3) is 0.345. The third-order valence-electron chi connectivity index (χ3n) is 7.42. The van der Waals surface area contributed by atoms with E-state index >= 15 is 8.78 Å². The first-order chi connectivity index (χ1) is 20.1. The normalized spacial score (nSPS) is 19.4. The molecule has 2 amide bonds. The molecule has 0 saturated carbocycles. The predicted octanol–water partition coefficient (Wildman–Crippen LogP) is 3.65. The SMILES string of the molecule is COc1cc(F)c([C@@H]2CN(c3cccc(N4CCN(C)CC4)n3)C(=O)C2NC(=O)c2ccc(OC(F)F)cc2)c(F)c1. The summed E-state index contributed by atoms with van der Waals surface area (Å²) in [5, 5.41) is 2.59. The summed E-state index contributed by atoms with van der Waals surface area (Å²) in [4.78, 5) is 37.2. The van der Waals surface area contributed by atoms with E-state index in [0.717, 1.165) is 38.3 Å². The number of aromatic nitrogens is 1. The average Bonchev–Trinajstić information content (AvgIpc) is 3.28. The number of rotatable bonds is 8. The number of likely N-dealkylation sites (N-methyl/N-ethyl adjacent to an activating group) is 1. The van der Waals surface area contributed by atoms with Crippen molar-refractivity contribution >= 4 is 23.5 Å². The molecule has 2 fully saturated rings. The van der Waals surface area contributed by atoms with Gasteiger partial charge in [-0.05, 0) is 43.4 Å². The molecule has 3 heterocycles. The Hall–Kier alpha value is -4.39. The molecule has 222 valence electrons. The average molecular weight is 588 g/mol. The second-order valence-electron chi connectivity index (χ2n) is 10.1.